The fraction of sp³-hybridized carbons (Fsp3) is 0.619. The Morgan fingerprint density at radius 1 is 1.11 bits per heavy atom. The molecule has 6 nitrogen and oxygen atoms in total. The predicted molar refractivity (Wildman–Crippen MR) is 107 cm³/mol. The number of carbonyl (C=O) groups excluding carboxylic acids is 2. The second kappa shape index (κ2) is 8.74. The van der Waals surface area contributed by atoms with Crippen molar-refractivity contribution in [2.75, 3.05) is 19.7 Å². The smallest absolute Gasteiger partial charge is 0.309 e. The van der Waals surface area contributed by atoms with Gasteiger partial charge in [-0.15, -0.1) is 0 Å². The first kappa shape index (κ1) is 22.6. The number of carbonyl (C=O) groups is 2. The minimum Gasteiger partial charge on any atom is -0.457 e. The van der Waals surface area contributed by atoms with Gasteiger partial charge in [0.15, 0.2) is 12.4 Å². The molecular weight excluding hydrogens is 378 g/mol. The van der Waals surface area contributed by atoms with E-state index in [1.165, 1.54) is 4.31 Å². The number of hydrogen-bond acceptors (Lipinski definition) is 5. The molecule has 0 atom stereocenters. The highest BCUT2D eigenvalue weighted by Crippen LogP contribution is 2.26. The molecule has 0 N–H and O–H groups in total. The number of nitrogens with zero attached hydrogens (tertiary/aromatic N) is 1. The van der Waals surface area contributed by atoms with Gasteiger partial charge in [-0.1, -0.05) is 46.8 Å². The Balaban J connectivity index is 1.93. The summed E-state index contributed by atoms with van der Waals surface area (Å²) < 4.78 is 32.2. The van der Waals surface area contributed by atoms with Crippen molar-refractivity contribution >= 4 is 21.8 Å². The van der Waals surface area contributed by atoms with Gasteiger partial charge in [-0.3, -0.25) is 9.59 Å². The van der Waals surface area contributed by atoms with Crippen LogP contribution in [0.2, 0.25) is 0 Å². The molecular formula is C21H31NO5S. The van der Waals surface area contributed by atoms with Gasteiger partial charge in [-0.2, -0.15) is 4.31 Å². The third-order valence-corrected chi connectivity index (χ3v) is 7.07. The van der Waals surface area contributed by atoms with Crippen molar-refractivity contribution in [3.63, 3.8) is 0 Å². The quantitative estimate of drug-likeness (QED) is 0.673. The third-order valence-electron chi connectivity index (χ3n) is 5.15. The molecule has 0 bridgehead atoms. The highest BCUT2D eigenvalue weighted by Gasteiger charge is 2.33. The first-order valence-electron chi connectivity index (χ1n) is 9.73. The predicted octanol–water partition coefficient (Wildman–Crippen LogP) is 3.37. The standard InChI is InChI=1S/C21H31NO5S/c1-15(2)16-6-8-18(9-7-16)28(25,26)22-12-10-17(11-13-22)20(24)27-14-19(23)21(3,4)5/h6-9,15,17H,10-14H2,1-5H3. The molecule has 2 rings (SSSR count). The van der Waals surface area contributed by atoms with Crippen LogP contribution < -0.4 is 0 Å². The number of rotatable bonds is 6. The second-order valence-electron chi connectivity index (χ2n) is 8.68. The van der Waals surface area contributed by atoms with E-state index in [-0.39, 0.29) is 36.3 Å². The first-order chi connectivity index (χ1) is 12.9. The molecule has 1 aromatic rings. The van der Waals surface area contributed by atoms with E-state index in [2.05, 4.69) is 13.8 Å². The van der Waals surface area contributed by atoms with Crippen LogP contribution in [0, 0.1) is 11.3 Å². The molecule has 1 saturated heterocycles. The van der Waals surface area contributed by atoms with E-state index in [0.29, 0.717) is 18.8 Å². The maximum atomic E-state index is 12.8. The summed E-state index contributed by atoms with van der Waals surface area (Å²) in [6, 6.07) is 6.97. The molecule has 0 aromatic heterocycles. The van der Waals surface area contributed by atoms with Crippen LogP contribution in [0.3, 0.4) is 0 Å². The van der Waals surface area contributed by atoms with Crippen LogP contribution in [-0.4, -0.2) is 44.2 Å². The van der Waals surface area contributed by atoms with Crippen LogP contribution in [0.15, 0.2) is 29.2 Å². The lowest BCUT2D eigenvalue weighted by Crippen LogP contribution is -2.41. The maximum absolute atomic E-state index is 12.8. The van der Waals surface area contributed by atoms with Crippen LogP contribution in [0.4, 0.5) is 0 Å². The summed E-state index contributed by atoms with van der Waals surface area (Å²) in [6.45, 7) is 9.75. The minimum atomic E-state index is -3.57. The van der Waals surface area contributed by atoms with Gasteiger partial charge in [0.2, 0.25) is 10.0 Å². The Hall–Kier alpha value is -1.73. The van der Waals surface area contributed by atoms with E-state index in [1.807, 2.05) is 12.1 Å². The third kappa shape index (κ3) is 5.41. The summed E-state index contributed by atoms with van der Waals surface area (Å²) >= 11 is 0. The molecule has 0 unspecified atom stereocenters. The normalized spacial score (nSPS) is 16.9. The topological polar surface area (TPSA) is 80.8 Å². The fourth-order valence-corrected chi connectivity index (χ4v) is 4.45. The molecule has 1 heterocycles. The largest absolute Gasteiger partial charge is 0.457 e. The van der Waals surface area contributed by atoms with Crippen molar-refractivity contribution < 1.29 is 22.7 Å². The Kier molecular flexibility index (Phi) is 7.04. The van der Waals surface area contributed by atoms with Gasteiger partial charge in [-0.25, -0.2) is 8.42 Å². The van der Waals surface area contributed by atoms with Crippen molar-refractivity contribution in [3.8, 4) is 0 Å². The number of Topliss-reactive ketones (excluding diaryl/α,β-unsaturated/α-hetero) is 1. The van der Waals surface area contributed by atoms with Crippen molar-refractivity contribution in [2.24, 2.45) is 11.3 Å². The lowest BCUT2D eigenvalue weighted by molar-refractivity contribution is -0.154. The summed E-state index contributed by atoms with van der Waals surface area (Å²) in [5.41, 5.74) is 0.535. The van der Waals surface area contributed by atoms with E-state index in [0.717, 1.165) is 5.56 Å². The number of sulfonamides is 1. The van der Waals surface area contributed by atoms with Crippen molar-refractivity contribution in [2.45, 2.75) is 58.3 Å². The Bertz CT molecular complexity index is 798. The average Bonchev–Trinajstić information content (AvgIpc) is 2.65. The zero-order valence-electron chi connectivity index (χ0n) is 17.4. The summed E-state index contributed by atoms with van der Waals surface area (Å²) in [7, 11) is -3.57. The van der Waals surface area contributed by atoms with Gasteiger partial charge >= 0.3 is 5.97 Å². The van der Waals surface area contributed by atoms with Crippen molar-refractivity contribution in [1.82, 2.24) is 4.31 Å². The van der Waals surface area contributed by atoms with E-state index >= 15 is 0 Å². The van der Waals surface area contributed by atoms with Crippen molar-refractivity contribution in [3.05, 3.63) is 29.8 Å². The first-order valence-corrected chi connectivity index (χ1v) is 11.2. The molecule has 0 saturated carbocycles. The van der Waals surface area contributed by atoms with Gasteiger partial charge in [0, 0.05) is 18.5 Å². The molecule has 1 aliphatic rings. The van der Waals surface area contributed by atoms with Crippen LogP contribution in [0.25, 0.3) is 0 Å². The lowest BCUT2D eigenvalue weighted by atomic mass is 9.91. The molecule has 1 aliphatic heterocycles. The number of ketones is 1. The van der Waals surface area contributed by atoms with Crippen LogP contribution in [0.5, 0.6) is 0 Å². The highest BCUT2D eigenvalue weighted by molar-refractivity contribution is 7.89. The highest BCUT2D eigenvalue weighted by atomic mass is 32.2. The van der Waals surface area contributed by atoms with Gasteiger partial charge in [0.25, 0.3) is 0 Å². The Labute approximate surface area is 168 Å². The van der Waals surface area contributed by atoms with E-state index in [4.69, 9.17) is 4.74 Å². The van der Waals surface area contributed by atoms with Gasteiger partial charge in [0.1, 0.15) is 0 Å². The van der Waals surface area contributed by atoms with Crippen LogP contribution >= 0.6 is 0 Å². The lowest BCUT2D eigenvalue weighted by Gasteiger charge is -2.30. The van der Waals surface area contributed by atoms with Crippen molar-refractivity contribution in [1.29, 1.82) is 0 Å². The van der Waals surface area contributed by atoms with Gasteiger partial charge in [-0.05, 0) is 36.5 Å². The van der Waals surface area contributed by atoms with Gasteiger partial charge < -0.3 is 4.74 Å². The van der Waals surface area contributed by atoms with Crippen LogP contribution in [0.1, 0.15) is 58.9 Å². The SMILES string of the molecule is CC(C)c1ccc(S(=O)(=O)N2CCC(C(=O)OCC(=O)C(C)(C)C)CC2)cc1. The molecule has 0 spiro atoms. The summed E-state index contributed by atoms with van der Waals surface area (Å²) in [5, 5.41) is 0. The van der Waals surface area contributed by atoms with E-state index in [1.54, 1.807) is 32.9 Å². The monoisotopic (exact) mass is 409 g/mol. The molecule has 1 aromatic carbocycles. The molecule has 7 heteroatoms. The molecule has 28 heavy (non-hydrogen) atoms. The van der Waals surface area contributed by atoms with E-state index < -0.39 is 21.4 Å². The fourth-order valence-electron chi connectivity index (χ4n) is 2.98. The molecule has 1 fully saturated rings. The maximum Gasteiger partial charge on any atom is 0.309 e. The second-order valence-corrected chi connectivity index (χ2v) is 10.6. The summed E-state index contributed by atoms with van der Waals surface area (Å²) in [5.74, 6) is -0.590. The zero-order valence-corrected chi connectivity index (χ0v) is 18.2. The van der Waals surface area contributed by atoms with E-state index in [9.17, 15) is 18.0 Å². The van der Waals surface area contributed by atoms with Gasteiger partial charge in [0.05, 0.1) is 10.8 Å². The number of piperidine rings is 1. The molecule has 0 amide bonds. The van der Waals surface area contributed by atoms with Crippen LogP contribution in [-0.2, 0) is 24.3 Å². The number of ether oxygens (including phenoxy) is 1. The molecule has 156 valence electrons. The number of esters is 1. The summed E-state index contributed by atoms with van der Waals surface area (Å²) in [6.07, 6.45) is 0.789. The Morgan fingerprint density at radius 2 is 1.64 bits per heavy atom. The Morgan fingerprint density at radius 3 is 2.11 bits per heavy atom. The number of hydrogen-bond donors (Lipinski definition) is 0. The minimum absolute atomic E-state index is 0.134. The average molecular weight is 410 g/mol. The summed E-state index contributed by atoms with van der Waals surface area (Å²) in [4.78, 5) is 24.4. The number of benzene rings is 1. The molecule has 0 radical (unpaired) electrons. The zero-order chi connectivity index (χ0) is 21.1. The molecule has 0 aliphatic carbocycles.